The van der Waals surface area contributed by atoms with Gasteiger partial charge in [-0.15, -0.1) is 5.10 Å². The van der Waals surface area contributed by atoms with Crippen molar-refractivity contribution in [3.8, 4) is 11.3 Å². The van der Waals surface area contributed by atoms with E-state index < -0.39 is 11.5 Å². The molecule has 9 heteroatoms. The number of hydrogen-bond donors (Lipinski definition) is 1. The molecule has 4 aromatic heterocycles. The van der Waals surface area contributed by atoms with Gasteiger partial charge >= 0.3 is 0 Å². The number of nitrogens with one attached hydrogen (secondary N) is 1. The molecule has 1 N–H and O–H groups in total. The molecule has 9 nitrogen and oxygen atoms in total. The van der Waals surface area contributed by atoms with E-state index in [1.165, 1.54) is 18.6 Å². The molecule has 30 heavy (non-hydrogen) atoms. The van der Waals surface area contributed by atoms with Gasteiger partial charge in [0.25, 0.3) is 17.2 Å². The lowest BCUT2D eigenvalue weighted by atomic mass is 10.1. The summed E-state index contributed by atoms with van der Waals surface area (Å²) in [5.41, 5.74) is 4.40. The Hall–Kier alpha value is -4.40. The van der Waals surface area contributed by atoms with Gasteiger partial charge in [-0.25, -0.2) is 9.66 Å². The molecule has 0 atom stereocenters. The smallest absolute Gasteiger partial charge is 0.267 e. The number of fused-ring (bicyclic) bond motifs is 2. The van der Waals surface area contributed by atoms with Gasteiger partial charge in [0.2, 0.25) is 0 Å². The molecule has 0 saturated carbocycles. The maximum absolute atomic E-state index is 13.4. The van der Waals surface area contributed by atoms with Crippen LogP contribution in [0.4, 0.5) is 0 Å². The van der Waals surface area contributed by atoms with Crippen molar-refractivity contribution in [2.75, 3.05) is 5.43 Å². The Morgan fingerprint density at radius 1 is 1.00 bits per heavy atom. The molecule has 0 saturated heterocycles. The van der Waals surface area contributed by atoms with Crippen LogP contribution < -0.4 is 11.0 Å². The van der Waals surface area contributed by atoms with Gasteiger partial charge in [0.15, 0.2) is 0 Å². The van der Waals surface area contributed by atoms with Gasteiger partial charge in [-0.1, -0.05) is 30.3 Å². The molecule has 5 rings (SSSR count). The molecule has 0 aliphatic heterocycles. The third-order valence-corrected chi connectivity index (χ3v) is 4.65. The first-order chi connectivity index (χ1) is 14.6. The highest BCUT2D eigenvalue weighted by atomic mass is 16.2. The van der Waals surface area contributed by atoms with Crippen LogP contribution in [0.2, 0.25) is 0 Å². The number of nitrogens with zero attached hydrogens (tertiary/aromatic N) is 6. The van der Waals surface area contributed by atoms with E-state index in [-0.39, 0.29) is 0 Å². The molecule has 0 spiro atoms. The Morgan fingerprint density at radius 2 is 1.77 bits per heavy atom. The molecule has 0 radical (unpaired) electrons. The van der Waals surface area contributed by atoms with Crippen LogP contribution in [0.3, 0.4) is 0 Å². The van der Waals surface area contributed by atoms with Crippen molar-refractivity contribution in [1.29, 1.82) is 0 Å². The van der Waals surface area contributed by atoms with Crippen LogP contribution in [-0.2, 0) is 0 Å². The zero-order chi connectivity index (χ0) is 20.7. The molecule has 0 aliphatic carbocycles. The van der Waals surface area contributed by atoms with Crippen molar-refractivity contribution >= 4 is 22.6 Å². The van der Waals surface area contributed by atoms with E-state index in [1.54, 1.807) is 29.6 Å². The van der Waals surface area contributed by atoms with Crippen molar-refractivity contribution < 1.29 is 4.79 Å². The number of hydrogen-bond acceptors (Lipinski definition) is 6. The number of pyridine rings is 2. The zero-order valence-electron chi connectivity index (χ0n) is 15.9. The van der Waals surface area contributed by atoms with E-state index >= 15 is 0 Å². The van der Waals surface area contributed by atoms with Crippen LogP contribution in [-0.4, -0.2) is 35.1 Å². The molecular weight excluding hydrogens is 382 g/mol. The van der Waals surface area contributed by atoms with E-state index in [0.717, 1.165) is 10.2 Å². The van der Waals surface area contributed by atoms with Crippen LogP contribution in [0.5, 0.6) is 0 Å². The van der Waals surface area contributed by atoms with Crippen LogP contribution in [0, 0.1) is 6.92 Å². The summed E-state index contributed by atoms with van der Waals surface area (Å²) in [5.74, 6) is 0.517. The van der Waals surface area contributed by atoms with Crippen molar-refractivity contribution in [3.63, 3.8) is 0 Å². The van der Waals surface area contributed by atoms with E-state index in [4.69, 9.17) is 0 Å². The van der Waals surface area contributed by atoms with Crippen molar-refractivity contribution in [3.05, 3.63) is 88.9 Å². The average Bonchev–Trinajstić information content (AvgIpc) is 3.15. The predicted octanol–water partition coefficient (Wildman–Crippen LogP) is 2.19. The van der Waals surface area contributed by atoms with Gasteiger partial charge < -0.3 is 0 Å². The summed E-state index contributed by atoms with van der Waals surface area (Å²) < 4.78 is 2.71. The first-order valence-corrected chi connectivity index (χ1v) is 9.17. The lowest BCUT2D eigenvalue weighted by Gasteiger charge is -2.12. The normalized spacial score (nSPS) is 11.1. The van der Waals surface area contributed by atoms with Crippen molar-refractivity contribution in [2.24, 2.45) is 0 Å². The number of aromatic nitrogens is 6. The monoisotopic (exact) mass is 397 g/mol. The van der Waals surface area contributed by atoms with Gasteiger partial charge in [0, 0.05) is 29.7 Å². The summed E-state index contributed by atoms with van der Waals surface area (Å²) in [7, 11) is 0. The first-order valence-electron chi connectivity index (χ1n) is 9.17. The van der Waals surface area contributed by atoms with E-state index in [1.807, 2.05) is 30.3 Å². The molecule has 0 aliphatic rings. The summed E-state index contributed by atoms with van der Waals surface area (Å²) in [6.07, 6.45) is 4.50. The fourth-order valence-corrected chi connectivity index (χ4v) is 3.31. The van der Waals surface area contributed by atoms with Crippen LogP contribution in [0.1, 0.15) is 16.2 Å². The third-order valence-electron chi connectivity index (χ3n) is 4.65. The Kier molecular flexibility index (Phi) is 4.06. The highest BCUT2D eigenvalue weighted by Gasteiger charge is 2.18. The second-order valence-corrected chi connectivity index (χ2v) is 6.63. The largest absolute Gasteiger partial charge is 0.280 e. The molecule has 146 valence electrons. The zero-order valence-corrected chi connectivity index (χ0v) is 15.9. The number of carbonyl (C=O) groups is 1. The summed E-state index contributed by atoms with van der Waals surface area (Å²) in [6.45, 7) is 1.77. The lowest BCUT2D eigenvalue weighted by Crippen LogP contribution is -2.33. The number of benzene rings is 1. The third kappa shape index (κ3) is 2.89. The topological polar surface area (TPSA) is 107 Å². The molecule has 4 heterocycles. The second kappa shape index (κ2) is 6.89. The Bertz CT molecular complexity index is 1460. The minimum Gasteiger partial charge on any atom is -0.267 e. The van der Waals surface area contributed by atoms with Crippen molar-refractivity contribution in [1.82, 2.24) is 29.2 Å². The first kappa shape index (κ1) is 17.7. The van der Waals surface area contributed by atoms with Crippen LogP contribution in [0.25, 0.3) is 27.9 Å². The second-order valence-electron chi connectivity index (χ2n) is 6.63. The molecule has 1 amide bonds. The van der Waals surface area contributed by atoms with E-state index in [0.29, 0.717) is 33.8 Å². The van der Waals surface area contributed by atoms with Crippen LogP contribution in [0.15, 0.2) is 71.9 Å². The van der Waals surface area contributed by atoms with Gasteiger partial charge in [0.05, 0.1) is 16.6 Å². The molecular formula is C21H15N7O2. The average molecular weight is 397 g/mol. The number of aryl methyl sites for hydroxylation is 1. The maximum atomic E-state index is 13.4. The van der Waals surface area contributed by atoms with Gasteiger partial charge in [0.1, 0.15) is 5.82 Å². The molecule has 5 aromatic rings. The van der Waals surface area contributed by atoms with Gasteiger partial charge in [-0.05, 0) is 25.1 Å². The van der Waals surface area contributed by atoms with Gasteiger partial charge in [-0.3, -0.25) is 20.0 Å². The summed E-state index contributed by atoms with van der Waals surface area (Å²) in [6, 6.07) is 14.2. The summed E-state index contributed by atoms with van der Waals surface area (Å²) in [4.78, 5) is 38.6. The molecule has 0 bridgehead atoms. The van der Waals surface area contributed by atoms with Crippen LogP contribution >= 0.6 is 0 Å². The number of carbonyl (C=O) groups excluding carboxylic acids is 1. The standard InChI is InChI=1S/C21H15N7O2/c1-13-23-21-24-16-9-12-27(26-19(29)15-7-10-22-11-8-15)20(30)17(16)18(28(21)25-13)14-5-3-2-4-6-14/h2-12H,1H3,(H,26,29). The summed E-state index contributed by atoms with van der Waals surface area (Å²) >= 11 is 0. The minimum atomic E-state index is -0.425. The maximum Gasteiger partial charge on any atom is 0.280 e. The van der Waals surface area contributed by atoms with E-state index in [2.05, 4.69) is 25.5 Å². The SMILES string of the molecule is Cc1nc2nc3ccn(NC(=O)c4ccncc4)c(=O)c3c(-c3ccccc3)n2n1. The highest BCUT2D eigenvalue weighted by molar-refractivity contribution is 6.00. The predicted molar refractivity (Wildman–Crippen MR) is 111 cm³/mol. The fourth-order valence-electron chi connectivity index (χ4n) is 3.31. The molecule has 0 unspecified atom stereocenters. The molecule has 0 fully saturated rings. The van der Waals surface area contributed by atoms with E-state index in [9.17, 15) is 9.59 Å². The summed E-state index contributed by atoms with van der Waals surface area (Å²) in [5, 5.41) is 4.75. The number of amides is 1. The minimum absolute atomic E-state index is 0.330. The Labute approximate surface area is 169 Å². The Morgan fingerprint density at radius 3 is 2.53 bits per heavy atom. The lowest BCUT2D eigenvalue weighted by molar-refractivity contribution is 0.101. The number of rotatable bonds is 3. The van der Waals surface area contributed by atoms with Gasteiger partial charge in [-0.2, -0.15) is 9.50 Å². The Balaban J connectivity index is 1.75. The highest BCUT2D eigenvalue weighted by Crippen LogP contribution is 2.25. The quantitative estimate of drug-likeness (QED) is 0.500. The molecule has 1 aromatic carbocycles. The fraction of sp³-hybridized carbons (Fsp3) is 0.0476. The van der Waals surface area contributed by atoms with Crippen molar-refractivity contribution in [2.45, 2.75) is 6.92 Å².